The summed E-state index contributed by atoms with van der Waals surface area (Å²) in [6.45, 7) is 7.55. The van der Waals surface area contributed by atoms with Crippen molar-refractivity contribution in [2.45, 2.75) is 45.3 Å². The van der Waals surface area contributed by atoms with E-state index in [0.717, 1.165) is 0 Å². The first kappa shape index (κ1) is 13.7. The number of hydrogen-bond acceptors (Lipinski definition) is 4. The standard InChI is InChI=1S/C10H19NO3S2/c1-9(2,3)14-8(15)11-10(4)5-6-16(12,13)7-10/h5-7H2,1-4H3,(H,11,15)/t10-/m0/s1. The third-order valence-corrected chi connectivity index (χ3v) is 4.39. The zero-order valence-electron chi connectivity index (χ0n) is 10.2. The van der Waals surface area contributed by atoms with E-state index in [-0.39, 0.29) is 22.3 Å². The van der Waals surface area contributed by atoms with Crippen LogP contribution in [0.4, 0.5) is 0 Å². The first-order chi connectivity index (χ1) is 7.02. The molecule has 0 aromatic heterocycles. The van der Waals surface area contributed by atoms with Crippen LogP contribution in [-0.4, -0.2) is 36.2 Å². The summed E-state index contributed by atoms with van der Waals surface area (Å²) in [4.78, 5) is 0. The Bertz CT molecular complexity index is 383. The zero-order chi connectivity index (χ0) is 12.6. The van der Waals surface area contributed by atoms with Gasteiger partial charge in [-0.1, -0.05) is 0 Å². The van der Waals surface area contributed by atoms with E-state index in [0.29, 0.717) is 6.42 Å². The molecule has 0 amide bonds. The molecule has 1 atom stereocenters. The molecule has 4 nitrogen and oxygen atoms in total. The predicted molar refractivity (Wildman–Crippen MR) is 68.2 cm³/mol. The molecule has 0 bridgehead atoms. The lowest BCUT2D eigenvalue weighted by molar-refractivity contribution is 0.110. The van der Waals surface area contributed by atoms with Crippen LogP contribution >= 0.6 is 12.2 Å². The van der Waals surface area contributed by atoms with Gasteiger partial charge in [0.15, 0.2) is 9.84 Å². The fourth-order valence-corrected chi connectivity index (χ4v) is 4.25. The predicted octanol–water partition coefficient (Wildman–Crippen LogP) is 1.25. The molecule has 1 saturated heterocycles. The Labute approximate surface area is 103 Å². The minimum absolute atomic E-state index is 0.119. The summed E-state index contributed by atoms with van der Waals surface area (Å²) >= 11 is 5.06. The summed E-state index contributed by atoms with van der Waals surface area (Å²) in [6, 6.07) is 0. The summed E-state index contributed by atoms with van der Waals surface area (Å²) in [5.41, 5.74) is -0.848. The van der Waals surface area contributed by atoms with Crippen molar-refractivity contribution in [1.82, 2.24) is 5.32 Å². The molecule has 0 spiro atoms. The van der Waals surface area contributed by atoms with Crippen molar-refractivity contribution in [3.05, 3.63) is 0 Å². The van der Waals surface area contributed by atoms with Gasteiger partial charge >= 0.3 is 0 Å². The molecule has 1 heterocycles. The summed E-state index contributed by atoms with van der Waals surface area (Å²) in [7, 11) is -2.92. The largest absolute Gasteiger partial charge is 0.465 e. The molecular formula is C10H19NO3S2. The molecule has 1 N–H and O–H groups in total. The van der Waals surface area contributed by atoms with E-state index in [1.165, 1.54) is 0 Å². The Hall–Kier alpha value is -0.360. The van der Waals surface area contributed by atoms with Crippen LogP contribution in [0.25, 0.3) is 0 Å². The van der Waals surface area contributed by atoms with Gasteiger partial charge in [-0.25, -0.2) is 8.42 Å². The number of rotatable bonds is 1. The van der Waals surface area contributed by atoms with Crippen molar-refractivity contribution >= 4 is 27.2 Å². The number of nitrogens with one attached hydrogen (secondary N) is 1. The van der Waals surface area contributed by atoms with E-state index in [9.17, 15) is 8.42 Å². The van der Waals surface area contributed by atoms with Crippen molar-refractivity contribution in [3.8, 4) is 0 Å². The first-order valence-corrected chi connectivity index (χ1v) is 7.46. The second-order valence-corrected chi connectivity index (χ2v) is 8.08. The monoisotopic (exact) mass is 265 g/mol. The van der Waals surface area contributed by atoms with Crippen LogP contribution in [0.15, 0.2) is 0 Å². The van der Waals surface area contributed by atoms with Gasteiger partial charge in [0, 0.05) is 0 Å². The van der Waals surface area contributed by atoms with E-state index in [4.69, 9.17) is 17.0 Å². The van der Waals surface area contributed by atoms with E-state index in [1.807, 2.05) is 27.7 Å². The van der Waals surface area contributed by atoms with Crippen LogP contribution in [0.2, 0.25) is 0 Å². The van der Waals surface area contributed by atoms with Crippen LogP contribution in [0, 0.1) is 0 Å². The highest BCUT2D eigenvalue weighted by Gasteiger charge is 2.39. The highest BCUT2D eigenvalue weighted by Crippen LogP contribution is 2.23. The molecule has 0 aromatic rings. The lowest BCUT2D eigenvalue weighted by atomic mass is 10.0. The Morgan fingerprint density at radius 2 is 2.00 bits per heavy atom. The molecule has 94 valence electrons. The number of hydrogen-bond donors (Lipinski definition) is 1. The molecule has 0 saturated carbocycles. The molecule has 1 aliphatic heterocycles. The number of ether oxygens (including phenoxy) is 1. The molecule has 16 heavy (non-hydrogen) atoms. The Balaban J connectivity index is 2.59. The Kier molecular flexibility index (Phi) is 3.55. The van der Waals surface area contributed by atoms with Crippen LogP contribution in [-0.2, 0) is 14.6 Å². The van der Waals surface area contributed by atoms with E-state index < -0.39 is 15.4 Å². The third-order valence-electron chi connectivity index (χ3n) is 2.31. The van der Waals surface area contributed by atoms with E-state index in [1.54, 1.807) is 0 Å². The van der Waals surface area contributed by atoms with Gasteiger partial charge in [-0.2, -0.15) is 0 Å². The fourth-order valence-electron chi connectivity index (χ4n) is 1.66. The number of sulfone groups is 1. The normalized spacial score (nSPS) is 28.8. The lowest BCUT2D eigenvalue weighted by Gasteiger charge is -2.29. The van der Waals surface area contributed by atoms with E-state index in [2.05, 4.69) is 5.32 Å². The smallest absolute Gasteiger partial charge is 0.257 e. The minimum atomic E-state index is -2.92. The lowest BCUT2D eigenvalue weighted by Crippen LogP contribution is -2.48. The van der Waals surface area contributed by atoms with Gasteiger partial charge in [-0.05, 0) is 46.3 Å². The molecular weight excluding hydrogens is 246 g/mol. The quantitative estimate of drug-likeness (QED) is 0.723. The molecule has 1 aliphatic rings. The average molecular weight is 265 g/mol. The molecule has 6 heteroatoms. The Morgan fingerprint density at radius 1 is 1.44 bits per heavy atom. The number of thiocarbonyl (C=S) groups is 1. The molecule has 1 fully saturated rings. The molecule has 0 aromatic carbocycles. The Morgan fingerprint density at radius 3 is 2.38 bits per heavy atom. The highest BCUT2D eigenvalue weighted by atomic mass is 32.2. The van der Waals surface area contributed by atoms with Crippen molar-refractivity contribution in [2.24, 2.45) is 0 Å². The molecule has 0 radical (unpaired) electrons. The van der Waals surface area contributed by atoms with Crippen molar-refractivity contribution < 1.29 is 13.2 Å². The second-order valence-electron chi connectivity index (χ2n) is 5.53. The minimum Gasteiger partial charge on any atom is -0.465 e. The highest BCUT2D eigenvalue weighted by molar-refractivity contribution is 7.91. The van der Waals surface area contributed by atoms with Gasteiger partial charge in [-0.15, -0.1) is 0 Å². The van der Waals surface area contributed by atoms with Crippen molar-refractivity contribution in [1.29, 1.82) is 0 Å². The maximum Gasteiger partial charge on any atom is 0.257 e. The van der Waals surface area contributed by atoms with Crippen LogP contribution in [0.3, 0.4) is 0 Å². The van der Waals surface area contributed by atoms with Gasteiger partial charge in [-0.3, -0.25) is 0 Å². The van der Waals surface area contributed by atoms with Crippen LogP contribution < -0.4 is 5.32 Å². The molecule has 0 unspecified atom stereocenters. The topological polar surface area (TPSA) is 55.4 Å². The molecule has 0 aliphatic carbocycles. The SMILES string of the molecule is CC(C)(C)OC(=S)N[C@@]1(C)CCS(=O)(=O)C1. The second kappa shape index (κ2) is 4.14. The van der Waals surface area contributed by atoms with Crippen LogP contribution in [0.1, 0.15) is 34.1 Å². The molecule has 1 rings (SSSR count). The maximum atomic E-state index is 11.4. The maximum absolute atomic E-state index is 11.4. The van der Waals surface area contributed by atoms with Gasteiger partial charge in [0.1, 0.15) is 5.60 Å². The summed E-state index contributed by atoms with van der Waals surface area (Å²) in [5.74, 6) is 0.336. The summed E-state index contributed by atoms with van der Waals surface area (Å²) < 4.78 is 28.2. The fraction of sp³-hybridized carbons (Fsp3) is 0.900. The van der Waals surface area contributed by atoms with Gasteiger partial charge in [0.05, 0.1) is 17.0 Å². The van der Waals surface area contributed by atoms with Gasteiger partial charge in [0.25, 0.3) is 5.17 Å². The zero-order valence-corrected chi connectivity index (χ0v) is 11.8. The van der Waals surface area contributed by atoms with Crippen molar-refractivity contribution in [2.75, 3.05) is 11.5 Å². The van der Waals surface area contributed by atoms with E-state index >= 15 is 0 Å². The van der Waals surface area contributed by atoms with Gasteiger partial charge in [0.2, 0.25) is 0 Å². The van der Waals surface area contributed by atoms with Crippen LogP contribution in [0.5, 0.6) is 0 Å². The average Bonchev–Trinajstić information content (AvgIpc) is 2.19. The first-order valence-electron chi connectivity index (χ1n) is 5.23. The summed E-state index contributed by atoms with van der Waals surface area (Å²) in [5, 5.41) is 3.27. The summed E-state index contributed by atoms with van der Waals surface area (Å²) in [6.07, 6.45) is 0.572. The van der Waals surface area contributed by atoms with Crippen molar-refractivity contribution in [3.63, 3.8) is 0 Å². The third kappa shape index (κ3) is 4.25. The van der Waals surface area contributed by atoms with Gasteiger partial charge < -0.3 is 10.1 Å².